The number of aromatic nitrogens is 2. The van der Waals surface area contributed by atoms with E-state index in [-0.39, 0.29) is 0 Å². The lowest BCUT2D eigenvalue weighted by Gasteiger charge is -2.09. The van der Waals surface area contributed by atoms with Crippen molar-refractivity contribution in [3.05, 3.63) is 42.4 Å². The lowest BCUT2D eigenvalue weighted by atomic mass is 10.2. The Kier molecular flexibility index (Phi) is 4.35. The lowest BCUT2D eigenvalue weighted by molar-refractivity contribution is 0.0527. The van der Waals surface area contributed by atoms with Gasteiger partial charge in [0.25, 0.3) is 0 Å². The molecular formula is C13H13N3O2S. The van der Waals surface area contributed by atoms with Crippen LogP contribution < -0.4 is 5.73 Å². The van der Waals surface area contributed by atoms with E-state index in [1.807, 2.05) is 6.07 Å². The predicted octanol–water partition coefficient (Wildman–Crippen LogP) is 2.39. The molecule has 0 atom stereocenters. The van der Waals surface area contributed by atoms with E-state index < -0.39 is 5.97 Å². The molecule has 0 unspecified atom stereocenters. The Labute approximate surface area is 115 Å². The summed E-state index contributed by atoms with van der Waals surface area (Å²) in [6.07, 6.45) is 3.12. The van der Waals surface area contributed by atoms with E-state index in [1.54, 1.807) is 31.3 Å². The van der Waals surface area contributed by atoms with Gasteiger partial charge in [-0.25, -0.2) is 14.8 Å². The number of hydrogen-bond donors (Lipinski definition) is 1. The summed E-state index contributed by atoms with van der Waals surface area (Å²) in [7, 11) is 0. The Morgan fingerprint density at radius 3 is 2.95 bits per heavy atom. The van der Waals surface area contributed by atoms with Crippen LogP contribution in [0.15, 0.2) is 46.7 Å². The van der Waals surface area contributed by atoms with Crippen molar-refractivity contribution >= 4 is 23.4 Å². The number of nitrogens with zero attached hydrogens (tertiary/aromatic N) is 2. The third-order valence-corrected chi connectivity index (χ3v) is 3.36. The summed E-state index contributed by atoms with van der Waals surface area (Å²) in [6.45, 7) is 2.08. The molecule has 5 nitrogen and oxygen atoms in total. The highest BCUT2D eigenvalue weighted by atomic mass is 32.2. The van der Waals surface area contributed by atoms with Crippen molar-refractivity contribution in [3.8, 4) is 0 Å². The predicted molar refractivity (Wildman–Crippen MR) is 73.0 cm³/mol. The standard InChI is InChI=1S/C13H13N3O2S/c1-2-18-13(17)9-4-3-5-10(12(9)14)19-11-6-7-15-8-16-11/h3-8H,2,14H2,1H3. The molecule has 0 saturated heterocycles. The van der Waals surface area contributed by atoms with Crippen molar-refractivity contribution < 1.29 is 9.53 Å². The van der Waals surface area contributed by atoms with Crippen LogP contribution in [0.4, 0.5) is 5.69 Å². The molecule has 2 aromatic rings. The van der Waals surface area contributed by atoms with Crippen LogP contribution in [0.5, 0.6) is 0 Å². The highest BCUT2D eigenvalue weighted by Crippen LogP contribution is 2.32. The summed E-state index contributed by atoms with van der Waals surface area (Å²) in [5.41, 5.74) is 6.78. The average Bonchev–Trinajstić information content (AvgIpc) is 2.42. The van der Waals surface area contributed by atoms with Gasteiger partial charge < -0.3 is 10.5 Å². The van der Waals surface area contributed by atoms with Crippen LogP contribution in [0, 0.1) is 0 Å². The fourth-order valence-corrected chi connectivity index (χ4v) is 2.29. The summed E-state index contributed by atoms with van der Waals surface area (Å²) in [5.74, 6) is -0.412. The van der Waals surface area contributed by atoms with Gasteiger partial charge in [0.05, 0.1) is 17.9 Å². The highest BCUT2D eigenvalue weighted by Gasteiger charge is 2.14. The molecule has 0 aliphatic carbocycles. The van der Waals surface area contributed by atoms with Crippen LogP contribution in [-0.2, 0) is 4.74 Å². The number of para-hydroxylation sites is 1. The Hall–Kier alpha value is -2.08. The zero-order valence-electron chi connectivity index (χ0n) is 10.4. The molecule has 2 N–H and O–H groups in total. The number of nitrogen functional groups attached to an aromatic ring is 1. The number of carbonyl (C=O) groups excluding carboxylic acids is 1. The van der Waals surface area contributed by atoms with Crippen LogP contribution in [0.25, 0.3) is 0 Å². The van der Waals surface area contributed by atoms with Crippen molar-refractivity contribution in [1.29, 1.82) is 0 Å². The van der Waals surface area contributed by atoms with Crippen LogP contribution in [0.1, 0.15) is 17.3 Å². The Morgan fingerprint density at radius 2 is 2.26 bits per heavy atom. The number of hydrogen-bond acceptors (Lipinski definition) is 6. The molecule has 0 saturated carbocycles. The van der Waals surface area contributed by atoms with Crippen molar-refractivity contribution in [2.75, 3.05) is 12.3 Å². The van der Waals surface area contributed by atoms with Crippen LogP contribution >= 0.6 is 11.8 Å². The van der Waals surface area contributed by atoms with Crippen molar-refractivity contribution in [1.82, 2.24) is 9.97 Å². The molecule has 6 heteroatoms. The fraction of sp³-hybridized carbons (Fsp3) is 0.154. The second-order valence-corrected chi connectivity index (χ2v) is 4.65. The molecule has 1 aromatic heterocycles. The SMILES string of the molecule is CCOC(=O)c1cccc(Sc2ccncn2)c1N. The first-order valence-electron chi connectivity index (χ1n) is 5.72. The topological polar surface area (TPSA) is 78.1 Å². The molecule has 0 aliphatic heterocycles. The molecule has 0 fully saturated rings. The molecular weight excluding hydrogens is 262 g/mol. The number of esters is 1. The minimum atomic E-state index is -0.412. The van der Waals surface area contributed by atoms with Gasteiger partial charge in [0.15, 0.2) is 0 Å². The van der Waals surface area contributed by atoms with Crippen molar-refractivity contribution in [2.45, 2.75) is 16.8 Å². The quantitative estimate of drug-likeness (QED) is 0.524. The van der Waals surface area contributed by atoms with Crippen LogP contribution in [-0.4, -0.2) is 22.5 Å². The van der Waals surface area contributed by atoms with Crippen molar-refractivity contribution in [2.24, 2.45) is 0 Å². The fourth-order valence-electron chi connectivity index (χ4n) is 1.47. The number of carbonyl (C=O) groups is 1. The minimum absolute atomic E-state index is 0.321. The van der Waals surface area contributed by atoms with Crippen LogP contribution in [0.2, 0.25) is 0 Å². The van der Waals surface area contributed by atoms with Gasteiger partial charge in [-0.05, 0) is 25.1 Å². The van der Waals surface area contributed by atoms with Gasteiger partial charge in [0.1, 0.15) is 11.4 Å². The molecule has 0 aliphatic rings. The number of rotatable bonds is 4. The maximum atomic E-state index is 11.7. The maximum absolute atomic E-state index is 11.7. The van der Waals surface area contributed by atoms with E-state index >= 15 is 0 Å². The van der Waals surface area contributed by atoms with Gasteiger partial charge in [0.2, 0.25) is 0 Å². The summed E-state index contributed by atoms with van der Waals surface area (Å²) in [6, 6.07) is 7.04. The van der Waals surface area contributed by atoms with Crippen molar-refractivity contribution in [3.63, 3.8) is 0 Å². The zero-order chi connectivity index (χ0) is 13.7. The molecule has 0 radical (unpaired) electrons. The second kappa shape index (κ2) is 6.19. The normalized spacial score (nSPS) is 10.2. The Bertz CT molecular complexity index is 575. The Balaban J connectivity index is 2.27. The van der Waals surface area contributed by atoms with E-state index in [4.69, 9.17) is 10.5 Å². The molecule has 98 valence electrons. The largest absolute Gasteiger partial charge is 0.462 e. The molecule has 1 heterocycles. The first-order valence-corrected chi connectivity index (χ1v) is 6.53. The molecule has 0 bridgehead atoms. The van der Waals surface area contributed by atoms with E-state index in [1.165, 1.54) is 18.1 Å². The van der Waals surface area contributed by atoms with E-state index in [9.17, 15) is 4.79 Å². The number of anilines is 1. The van der Waals surface area contributed by atoms with Crippen LogP contribution in [0.3, 0.4) is 0 Å². The summed E-state index contributed by atoms with van der Waals surface area (Å²) < 4.78 is 4.96. The first-order chi connectivity index (χ1) is 9.22. The third-order valence-electron chi connectivity index (χ3n) is 2.33. The summed E-state index contributed by atoms with van der Waals surface area (Å²) in [5, 5.41) is 0.766. The molecule has 19 heavy (non-hydrogen) atoms. The number of benzene rings is 1. The van der Waals surface area contributed by atoms with Gasteiger partial charge in [-0.15, -0.1) is 0 Å². The second-order valence-electron chi connectivity index (χ2n) is 3.59. The molecule has 0 spiro atoms. The van der Waals surface area contributed by atoms with Gasteiger partial charge in [0, 0.05) is 11.1 Å². The van der Waals surface area contributed by atoms with Gasteiger partial charge in [-0.2, -0.15) is 0 Å². The number of ether oxygens (including phenoxy) is 1. The summed E-state index contributed by atoms with van der Waals surface area (Å²) in [4.78, 5) is 20.5. The maximum Gasteiger partial charge on any atom is 0.340 e. The first kappa shape index (κ1) is 13.4. The highest BCUT2D eigenvalue weighted by molar-refractivity contribution is 7.99. The van der Waals surface area contributed by atoms with E-state index in [0.29, 0.717) is 17.9 Å². The van der Waals surface area contributed by atoms with Gasteiger partial charge >= 0.3 is 5.97 Å². The minimum Gasteiger partial charge on any atom is -0.462 e. The lowest BCUT2D eigenvalue weighted by Crippen LogP contribution is -2.08. The monoisotopic (exact) mass is 275 g/mol. The molecule has 1 aromatic carbocycles. The zero-order valence-corrected chi connectivity index (χ0v) is 11.2. The summed E-state index contributed by atoms with van der Waals surface area (Å²) >= 11 is 1.38. The van der Waals surface area contributed by atoms with E-state index in [0.717, 1.165) is 9.92 Å². The molecule has 2 rings (SSSR count). The average molecular weight is 275 g/mol. The third kappa shape index (κ3) is 3.23. The number of nitrogens with two attached hydrogens (primary N) is 1. The van der Waals surface area contributed by atoms with Gasteiger partial charge in [-0.3, -0.25) is 0 Å². The Morgan fingerprint density at radius 1 is 1.42 bits per heavy atom. The molecule has 0 amide bonds. The smallest absolute Gasteiger partial charge is 0.340 e. The van der Waals surface area contributed by atoms with Gasteiger partial charge in [-0.1, -0.05) is 17.8 Å². The van der Waals surface area contributed by atoms with E-state index in [2.05, 4.69) is 9.97 Å².